The van der Waals surface area contributed by atoms with Gasteiger partial charge in [-0.15, -0.1) is 0 Å². The van der Waals surface area contributed by atoms with Crippen LogP contribution >= 0.6 is 0 Å². The Morgan fingerprint density at radius 2 is 1.97 bits per heavy atom. The van der Waals surface area contributed by atoms with Crippen molar-refractivity contribution in [3.8, 4) is 16.9 Å². The molecule has 6 heteroatoms. The van der Waals surface area contributed by atoms with E-state index in [9.17, 15) is 4.79 Å². The SMILES string of the molecule is COc1ccc(-c2cn(C3CCCCO3)nc2C2Cc3c(C)cccc3C(=O)N2)cc1. The van der Waals surface area contributed by atoms with Crippen molar-refractivity contribution in [3.05, 3.63) is 71.0 Å². The smallest absolute Gasteiger partial charge is 0.252 e. The first-order chi connectivity index (χ1) is 15.1. The maximum Gasteiger partial charge on any atom is 0.252 e. The molecule has 2 aliphatic rings. The molecule has 0 saturated carbocycles. The minimum Gasteiger partial charge on any atom is -0.497 e. The van der Waals surface area contributed by atoms with Gasteiger partial charge in [-0.05, 0) is 67.5 Å². The number of aromatic nitrogens is 2. The normalized spacial score (nSPS) is 20.8. The van der Waals surface area contributed by atoms with Crippen molar-refractivity contribution in [1.29, 1.82) is 0 Å². The van der Waals surface area contributed by atoms with Crippen LogP contribution in [0.5, 0.6) is 5.75 Å². The second kappa shape index (κ2) is 8.19. The summed E-state index contributed by atoms with van der Waals surface area (Å²) in [6.45, 7) is 2.82. The third kappa shape index (κ3) is 3.72. The number of nitrogens with zero attached hydrogens (tertiary/aromatic N) is 2. The van der Waals surface area contributed by atoms with E-state index in [4.69, 9.17) is 14.6 Å². The fraction of sp³-hybridized carbons (Fsp3) is 0.360. The molecule has 1 amide bonds. The quantitative estimate of drug-likeness (QED) is 0.674. The zero-order chi connectivity index (χ0) is 21.4. The molecule has 0 aliphatic carbocycles. The Bertz CT molecular complexity index is 1100. The number of methoxy groups -OCH3 is 1. The van der Waals surface area contributed by atoms with E-state index in [2.05, 4.69) is 24.5 Å². The van der Waals surface area contributed by atoms with Crippen molar-refractivity contribution in [1.82, 2.24) is 15.1 Å². The molecule has 1 aromatic heterocycles. The van der Waals surface area contributed by atoms with Crippen LogP contribution in [0, 0.1) is 6.92 Å². The first-order valence-corrected chi connectivity index (χ1v) is 10.9. The Morgan fingerprint density at radius 1 is 1.13 bits per heavy atom. The average Bonchev–Trinajstić information content (AvgIpc) is 3.26. The van der Waals surface area contributed by atoms with Crippen LogP contribution < -0.4 is 10.1 Å². The monoisotopic (exact) mass is 417 g/mol. The minimum absolute atomic E-state index is 0.0425. The Balaban J connectivity index is 1.57. The van der Waals surface area contributed by atoms with Gasteiger partial charge >= 0.3 is 0 Å². The molecule has 2 unspecified atom stereocenters. The zero-order valence-corrected chi connectivity index (χ0v) is 17.9. The molecule has 0 bridgehead atoms. The van der Waals surface area contributed by atoms with Gasteiger partial charge in [0.2, 0.25) is 0 Å². The lowest BCUT2D eigenvalue weighted by Gasteiger charge is -2.27. The standard InChI is InChI=1S/C25H27N3O3/c1-16-6-5-7-19-20(16)14-22(26-25(19)29)24-21(17-9-11-18(30-2)12-10-17)15-28(27-24)23-8-3-4-13-31-23/h5-7,9-12,15,22-23H,3-4,8,13-14H2,1-2H3,(H,26,29). The van der Waals surface area contributed by atoms with Gasteiger partial charge in [-0.3, -0.25) is 4.79 Å². The molecule has 160 valence electrons. The number of fused-ring (bicyclic) bond motifs is 1. The first-order valence-electron chi connectivity index (χ1n) is 10.9. The van der Waals surface area contributed by atoms with E-state index in [0.717, 1.165) is 71.6 Å². The van der Waals surface area contributed by atoms with Crippen LogP contribution in [-0.4, -0.2) is 29.4 Å². The largest absolute Gasteiger partial charge is 0.497 e. The van der Waals surface area contributed by atoms with Crippen LogP contribution in [0.4, 0.5) is 0 Å². The number of benzene rings is 2. The van der Waals surface area contributed by atoms with Gasteiger partial charge in [0.1, 0.15) is 12.0 Å². The number of aryl methyl sites for hydroxylation is 1. The fourth-order valence-electron chi connectivity index (χ4n) is 4.58. The number of carbonyl (C=O) groups is 1. The van der Waals surface area contributed by atoms with Crippen LogP contribution in [0.3, 0.4) is 0 Å². The molecule has 1 N–H and O–H groups in total. The molecule has 3 aromatic rings. The van der Waals surface area contributed by atoms with Crippen molar-refractivity contribution >= 4 is 5.91 Å². The van der Waals surface area contributed by atoms with E-state index < -0.39 is 0 Å². The topological polar surface area (TPSA) is 65.4 Å². The summed E-state index contributed by atoms with van der Waals surface area (Å²) in [7, 11) is 1.66. The number of rotatable bonds is 4. The van der Waals surface area contributed by atoms with Crippen molar-refractivity contribution in [2.75, 3.05) is 13.7 Å². The Kier molecular flexibility index (Phi) is 5.24. The predicted octanol–water partition coefficient (Wildman–Crippen LogP) is 4.59. The van der Waals surface area contributed by atoms with E-state index in [-0.39, 0.29) is 18.2 Å². The Morgan fingerprint density at radius 3 is 2.71 bits per heavy atom. The van der Waals surface area contributed by atoms with Crippen molar-refractivity contribution in [3.63, 3.8) is 0 Å². The number of hydrogen-bond acceptors (Lipinski definition) is 4. The minimum atomic E-state index is -0.192. The highest BCUT2D eigenvalue weighted by molar-refractivity contribution is 5.97. The van der Waals surface area contributed by atoms with Gasteiger partial charge in [-0.25, -0.2) is 4.68 Å². The van der Waals surface area contributed by atoms with Crippen LogP contribution in [0.25, 0.3) is 11.1 Å². The Labute approximate surface area is 182 Å². The third-order valence-corrected chi connectivity index (χ3v) is 6.31. The highest BCUT2D eigenvalue weighted by Gasteiger charge is 2.31. The summed E-state index contributed by atoms with van der Waals surface area (Å²) in [5, 5.41) is 8.14. The summed E-state index contributed by atoms with van der Waals surface area (Å²) in [4.78, 5) is 12.9. The molecule has 6 nitrogen and oxygen atoms in total. The number of nitrogens with one attached hydrogen (secondary N) is 1. The second-order valence-corrected chi connectivity index (χ2v) is 8.29. The van der Waals surface area contributed by atoms with Gasteiger partial charge in [-0.2, -0.15) is 5.10 Å². The summed E-state index contributed by atoms with van der Waals surface area (Å²) in [6, 6.07) is 13.7. The van der Waals surface area contributed by atoms with Crippen molar-refractivity contribution in [2.24, 2.45) is 0 Å². The number of ether oxygens (including phenoxy) is 2. The maximum absolute atomic E-state index is 12.9. The first kappa shape index (κ1) is 19.8. The van der Waals surface area contributed by atoms with Gasteiger partial charge in [0.25, 0.3) is 5.91 Å². The van der Waals surface area contributed by atoms with Crippen LogP contribution in [0.1, 0.15) is 58.7 Å². The third-order valence-electron chi connectivity index (χ3n) is 6.31. The van der Waals surface area contributed by atoms with Crippen LogP contribution in [0.15, 0.2) is 48.7 Å². The summed E-state index contributed by atoms with van der Waals surface area (Å²) >= 11 is 0. The van der Waals surface area contributed by atoms with E-state index in [0.29, 0.717) is 0 Å². The van der Waals surface area contributed by atoms with Gasteiger partial charge < -0.3 is 14.8 Å². The summed E-state index contributed by atoms with van der Waals surface area (Å²) in [5.74, 6) is 0.767. The lowest BCUT2D eigenvalue weighted by Crippen LogP contribution is -2.36. The van der Waals surface area contributed by atoms with E-state index >= 15 is 0 Å². The lowest BCUT2D eigenvalue weighted by atomic mass is 9.88. The number of hydrogen-bond donors (Lipinski definition) is 1. The molecule has 1 saturated heterocycles. The van der Waals surface area contributed by atoms with Gasteiger partial charge in [0, 0.05) is 23.9 Å². The molecule has 3 heterocycles. The van der Waals surface area contributed by atoms with Crippen LogP contribution in [-0.2, 0) is 11.2 Å². The molecule has 0 radical (unpaired) electrons. The van der Waals surface area contributed by atoms with E-state index in [1.165, 1.54) is 0 Å². The number of carbonyl (C=O) groups excluding carboxylic acids is 1. The molecular formula is C25H27N3O3. The molecule has 5 rings (SSSR count). The van der Waals surface area contributed by atoms with Crippen molar-refractivity contribution in [2.45, 2.75) is 44.9 Å². The van der Waals surface area contributed by atoms with Gasteiger partial charge in [0.15, 0.2) is 0 Å². The predicted molar refractivity (Wildman–Crippen MR) is 118 cm³/mol. The van der Waals surface area contributed by atoms with E-state index in [1.54, 1.807) is 7.11 Å². The highest BCUT2D eigenvalue weighted by atomic mass is 16.5. The summed E-state index contributed by atoms with van der Waals surface area (Å²) < 4.78 is 13.2. The average molecular weight is 418 g/mol. The second-order valence-electron chi connectivity index (χ2n) is 8.29. The Hall–Kier alpha value is -3.12. The molecule has 2 aliphatic heterocycles. The molecule has 2 aromatic carbocycles. The molecule has 2 atom stereocenters. The summed E-state index contributed by atoms with van der Waals surface area (Å²) in [6.07, 6.45) is 5.89. The molecule has 0 spiro atoms. The fourth-order valence-corrected chi connectivity index (χ4v) is 4.58. The zero-order valence-electron chi connectivity index (χ0n) is 17.9. The highest BCUT2D eigenvalue weighted by Crippen LogP contribution is 2.35. The lowest BCUT2D eigenvalue weighted by molar-refractivity contribution is -0.0397. The molecule has 1 fully saturated rings. The van der Waals surface area contributed by atoms with Crippen molar-refractivity contribution < 1.29 is 14.3 Å². The van der Waals surface area contributed by atoms with Crippen LogP contribution in [0.2, 0.25) is 0 Å². The van der Waals surface area contributed by atoms with Gasteiger partial charge in [-0.1, -0.05) is 24.3 Å². The maximum atomic E-state index is 12.9. The van der Waals surface area contributed by atoms with E-state index in [1.807, 2.05) is 41.1 Å². The van der Waals surface area contributed by atoms with Gasteiger partial charge in [0.05, 0.1) is 18.8 Å². The summed E-state index contributed by atoms with van der Waals surface area (Å²) in [5.41, 5.74) is 5.93. The molecular weight excluding hydrogens is 390 g/mol. The molecule has 31 heavy (non-hydrogen) atoms. The number of amides is 1.